The summed E-state index contributed by atoms with van der Waals surface area (Å²) in [5.41, 5.74) is 1.14. The number of hydrogen-bond acceptors (Lipinski definition) is 2. The maximum atomic E-state index is 12.9. The van der Waals surface area contributed by atoms with Crippen molar-refractivity contribution in [2.45, 2.75) is 13.5 Å². The molecule has 0 aliphatic carbocycles. The number of halogens is 1. The second-order valence-electron chi connectivity index (χ2n) is 2.50. The van der Waals surface area contributed by atoms with Crippen LogP contribution >= 0.6 is 0 Å². The molecule has 0 aliphatic heterocycles. The minimum atomic E-state index is -0.500. The minimum Gasteiger partial charge on any atom is -0.331 e. The van der Waals surface area contributed by atoms with Gasteiger partial charge in [0.2, 0.25) is 5.95 Å². The van der Waals surface area contributed by atoms with Crippen molar-refractivity contribution < 1.29 is 4.39 Å². The van der Waals surface area contributed by atoms with Gasteiger partial charge < -0.3 is 4.57 Å². The Kier molecular flexibility index (Phi) is 1.53. The molecule has 2 aromatic heterocycles. The summed E-state index contributed by atoms with van der Waals surface area (Å²) in [6.45, 7) is 2.78. The van der Waals surface area contributed by atoms with Gasteiger partial charge in [0.05, 0.1) is 11.8 Å². The van der Waals surface area contributed by atoms with E-state index in [1.54, 1.807) is 12.4 Å². The van der Waals surface area contributed by atoms with Gasteiger partial charge in [0.25, 0.3) is 0 Å². The van der Waals surface area contributed by atoms with Crippen LogP contribution in [0.4, 0.5) is 4.39 Å². The first-order chi connectivity index (χ1) is 5.83. The fourth-order valence-electron chi connectivity index (χ4n) is 1.21. The van der Waals surface area contributed by atoms with Crippen molar-refractivity contribution in [3.05, 3.63) is 24.5 Å². The lowest BCUT2D eigenvalue weighted by Crippen LogP contribution is -1.91. The molecule has 4 heteroatoms. The summed E-state index contributed by atoms with van der Waals surface area (Å²) in [4.78, 5) is 7.43. The van der Waals surface area contributed by atoms with E-state index >= 15 is 0 Å². The summed E-state index contributed by atoms with van der Waals surface area (Å²) in [7, 11) is 0. The molecular weight excluding hydrogens is 157 g/mol. The van der Waals surface area contributed by atoms with Crippen LogP contribution in [0, 0.1) is 5.95 Å². The van der Waals surface area contributed by atoms with Crippen LogP contribution in [0.1, 0.15) is 6.92 Å². The fourth-order valence-corrected chi connectivity index (χ4v) is 1.21. The summed E-state index contributed by atoms with van der Waals surface area (Å²) in [6.07, 6.45) is 3.07. The van der Waals surface area contributed by atoms with Crippen LogP contribution in [0.2, 0.25) is 0 Å². The third kappa shape index (κ3) is 0.879. The van der Waals surface area contributed by atoms with Crippen LogP contribution in [-0.2, 0) is 6.54 Å². The van der Waals surface area contributed by atoms with Gasteiger partial charge in [-0.25, -0.2) is 9.97 Å². The topological polar surface area (TPSA) is 30.7 Å². The molecule has 0 saturated carbocycles. The first-order valence-corrected chi connectivity index (χ1v) is 3.78. The molecule has 62 valence electrons. The molecule has 2 heterocycles. The molecular formula is C8H8FN3. The van der Waals surface area contributed by atoms with Crippen molar-refractivity contribution in [2.24, 2.45) is 0 Å². The molecule has 12 heavy (non-hydrogen) atoms. The van der Waals surface area contributed by atoms with Crippen molar-refractivity contribution in [1.29, 1.82) is 0 Å². The van der Waals surface area contributed by atoms with Crippen LogP contribution < -0.4 is 0 Å². The highest BCUT2D eigenvalue weighted by atomic mass is 19.1. The van der Waals surface area contributed by atoms with E-state index in [9.17, 15) is 4.39 Å². The monoisotopic (exact) mass is 165 g/mol. The number of pyridine rings is 1. The van der Waals surface area contributed by atoms with Gasteiger partial charge in [-0.1, -0.05) is 0 Å². The van der Waals surface area contributed by atoms with Crippen LogP contribution in [0.25, 0.3) is 11.0 Å². The van der Waals surface area contributed by atoms with E-state index in [2.05, 4.69) is 9.97 Å². The average molecular weight is 165 g/mol. The standard InChI is InChI=1S/C8H8FN3/c1-2-12-5-11-7-6(12)3-4-10-8(7)9/h3-5H,2H2,1H3. The summed E-state index contributed by atoms with van der Waals surface area (Å²) in [6, 6.07) is 1.76. The predicted molar refractivity (Wildman–Crippen MR) is 43.2 cm³/mol. The molecule has 2 rings (SSSR count). The van der Waals surface area contributed by atoms with Crippen molar-refractivity contribution in [3.8, 4) is 0 Å². The fraction of sp³-hybridized carbons (Fsp3) is 0.250. The van der Waals surface area contributed by atoms with Crippen LogP contribution in [-0.4, -0.2) is 14.5 Å². The number of aryl methyl sites for hydroxylation is 1. The van der Waals surface area contributed by atoms with Gasteiger partial charge in [-0.2, -0.15) is 4.39 Å². The molecule has 0 aromatic carbocycles. The largest absolute Gasteiger partial charge is 0.331 e. The highest BCUT2D eigenvalue weighted by Crippen LogP contribution is 2.13. The number of fused-ring (bicyclic) bond motifs is 1. The normalized spacial score (nSPS) is 10.8. The predicted octanol–water partition coefficient (Wildman–Crippen LogP) is 1.59. The number of hydrogen-bond donors (Lipinski definition) is 0. The third-order valence-corrected chi connectivity index (χ3v) is 1.83. The molecule has 0 atom stereocenters. The zero-order valence-electron chi connectivity index (χ0n) is 6.66. The Hall–Kier alpha value is -1.45. The molecule has 0 unspecified atom stereocenters. The first kappa shape index (κ1) is 7.21. The number of rotatable bonds is 1. The number of aromatic nitrogens is 3. The van der Waals surface area contributed by atoms with Gasteiger partial charge in [-0.05, 0) is 13.0 Å². The Bertz CT molecular complexity index is 408. The van der Waals surface area contributed by atoms with Crippen molar-refractivity contribution >= 4 is 11.0 Å². The van der Waals surface area contributed by atoms with Crippen molar-refractivity contribution in [2.75, 3.05) is 0 Å². The molecule has 0 radical (unpaired) electrons. The lowest BCUT2D eigenvalue weighted by atomic mass is 10.4. The quantitative estimate of drug-likeness (QED) is 0.601. The molecule has 0 spiro atoms. The highest BCUT2D eigenvalue weighted by Gasteiger charge is 2.05. The molecule has 0 aliphatic rings. The number of imidazole rings is 1. The lowest BCUT2D eigenvalue weighted by Gasteiger charge is -1.96. The zero-order valence-corrected chi connectivity index (χ0v) is 6.66. The van der Waals surface area contributed by atoms with Crippen molar-refractivity contribution in [1.82, 2.24) is 14.5 Å². The Morgan fingerprint density at radius 1 is 1.50 bits per heavy atom. The summed E-state index contributed by atoms with van der Waals surface area (Å²) < 4.78 is 14.8. The zero-order chi connectivity index (χ0) is 8.55. The maximum Gasteiger partial charge on any atom is 0.240 e. The highest BCUT2D eigenvalue weighted by molar-refractivity contribution is 5.74. The van der Waals surface area contributed by atoms with E-state index in [0.29, 0.717) is 5.52 Å². The van der Waals surface area contributed by atoms with Crippen LogP contribution in [0.15, 0.2) is 18.6 Å². The van der Waals surface area contributed by atoms with Gasteiger partial charge >= 0.3 is 0 Å². The Morgan fingerprint density at radius 3 is 3.08 bits per heavy atom. The molecule has 0 fully saturated rings. The smallest absolute Gasteiger partial charge is 0.240 e. The second-order valence-corrected chi connectivity index (χ2v) is 2.50. The lowest BCUT2D eigenvalue weighted by molar-refractivity contribution is 0.594. The van der Waals surface area contributed by atoms with Crippen LogP contribution in [0.3, 0.4) is 0 Å². The number of nitrogens with zero attached hydrogens (tertiary/aromatic N) is 3. The van der Waals surface area contributed by atoms with Gasteiger partial charge in [-0.15, -0.1) is 0 Å². The Morgan fingerprint density at radius 2 is 2.33 bits per heavy atom. The van der Waals surface area contributed by atoms with Crippen molar-refractivity contribution in [3.63, 3.8) is 0 Å². The molecule has 3 nitrogen and oxygen atoms in total. The second kappa shape index (κ2) is 2.55. The van der Waals surface area contributed by atoms with E-state index < -0.39 is 5.95 Å². The average Bonchev–Trinajstić information content (AvgIpc) is 2.49. The Labute approximate surface area is 68.9 Å². The van der Waals surface area contributed by atoms with Gasteiger partial charge in [0.15, 0.2) is 0 Å². The van der Waals surface area contributed by atoms with E-state index in [4.69, 9.17) is 0 Å². The maximum absolute atomic E-state index is 12.9. The minimum absolute atomic E-state index is 0.347. The van der Waals surface area contributed by atoms with E-state index in [0.717, 1.165) is 12.1 Å². The van der Waals surface area contributed by atoms with Gasteiger partial charge in [0, 0.05) is 12.7 Å². The summed E-state index contributed by atoms with van der Waals surface area (Å²) in [5, 5.41) is 0. The van der Waals surface area contributed by atoms with E-state index in [-0.39, 0.29) is 0 Å². The van der Waals surface area contributed by atoms with Crippen LogP contribution in [0.5, 0.6) is 0 Å². The third-order valence-electron chi connectivity index (χ3n) is 1.83. The first-order valence-electron chi connectivity index (χ1n) is 3.78. The Balaban J connectivity index is 2.80. The molecule has 0 bridgehead atoms. The molecule has 2 aromatic rings. The van der Waals surface area contributed by atoms with Gasteiger partial charge in [0.1, 0.15) is 5.52 Å². The molecule has 0 saturated heterocycles. The van der Waals surface area contributed by atoms with E-state index in [1.807, 2.05) is 11.5 Å². The molecule has 0 amide bonds. The SMILES string of the molecule is CCn1cnc2c(F)nccc21. The summed E-state index contributed by atoms with van der Waals surface area (Å²) in [5.74, 6) is -0.500. The summed E-state index contributed by atoms with van der Waals surface area (Å²) >= 11 is 0. The van der Waals surface area contributed by atoms with E-state index in [1.165, 1.54) is 6.20 Å². The molecule has 0 N–H and O–H groups in total. The van der Waals surface area contributed by atoms with Gasteiger partial charge in [-0.3, -0.25) is 0 Å².